The van der Waals surface area contributed by atoms with Crippen LogP contribution in [0.1, 0.15) is 57.6 Å². The maximum Gasteiger partial charge on any atom is 0.227 e. The van der Waals surface area contributed by atoms with Gasteiger partial charge in [0.25, 0.3) is 0 Å². The molecule has 164 valence electrons. The van der Waals surface area contributed by atoms with E-state index in [9.17, 15) is 13.6 Å². The van der Waals surface area contributed by atoms with Crippen LogP contribution in [0.4, 0.5) is 8.78 Å². The Balaban J connectivity index is 1.48. The van der Waals surface area contributed by atoms with Crippen molar-refractivity contribution >= 4 is 5.91 Å². The Morgan fingerprint density at radius 1 is 1.23 bits per heavy atom. The zero-order chi connectivity index (χ0) is 21.4. The molecule has 3 heterocycles. The van der Waals surface area contributed by atoms with E-state index in [0.29, 0.717) is 25.4 Å². The van der Waals surface area contributed by atoms with Crippen LogP contribution in [0.3, 0.4) is 0 Å². The number of hydrogen-bond acceptors (Lipinski definition) is 4. The van der Waals surface area contributed by atoms with E-state index in [1.54, 1.807) is 0 Å². The summed E-state index contributed by atoms with van der Waals surface area (Å²) < 4.78 is 33.8. The van der Waals surface area contributed by atoms with Crippen LogP contribution in [-0.2, 0) is 9.53 Å². The average Bonchev–Trinajstić information content (AvgIpc) is 3.13. The van der Waals surface area contributed by atoms with Gasteiger partial charge in [-0.25, -0.2) is 8.78 Å². The Morgan fingerprint density at radius 2 is 2.03 bits per heavy atom. The van der Waals surface area contributed by atoms with Crippen molar-refractivity contribution in [2.24, 2.45) is 11.7 Å². The van der Waals surface area contributed by atoms with E-state index < -0.39 is 23.8 Å². The van der Waals surface area contributed by atoms with Crippen LogP contribution in [0, 0.1) is 17.6 Å². The van der Waals surface area contributed by atoms with Gasteiger partial charge in [0.05, 0.1) is 12.6 Å². The number of nitrogens with zero attached hydrogens (tertiary/aromatic N) is 2. The molecule has 3 aliphatic heterocycles. The largest absolute Gasteiger partial charge is 0.370 e. The van der Waals surface area contributed by atoms with Crippen molar-refractivity contribution in [3.63, 3.8) is 0 Å². The number of rotatable bonds is 4. The molecule has 4 rings (SSSR count). The van der Waals surface area contributed by atoms with Gasteiger partial charge in [-0.15, -0.1) is 0 Å². The summed E-state index contributed by atoms with van der Waals surface area (Å²) >= 11 is 0. The third kappa shape index (κ3) is 4.10. The predicted molar refractivity (Wildman–Crippen MR) is 110 cm³/mol. The van der Waals surface area contributed by atoms with E-state index in [-0.39, 0.29) is 17.5 Å². The van der Waals surface area contributed by atoms with Gasteiger partial charge in [0.1, 0.15) is 17.7 Å². The highest BCUT2D eigenvalue weighted by molar-refractivity contribution is 5.78. The average molecular weight is 420 g/mol. The SMILES string of the molecule is CC(C)CC(=O)N1CCCC2=C1CCN2C1COC(c2cc(F)ccc2F)C(N)C1. The monoisotopic (exact) mass is 419 g/mol. The standard InChI is InChI=1S/C23H31F2N3O2/c1-14(2)10-22(29)28-8-3-4-20-21(28)7-9-27(20)16-12-19(26)23(30-13-16)17-11-15(24)5-6-18(17)25/h5-6,11,14,16,19,23H,3-4,7-10,12-13,26H2,1-2H3. The molecular formula is C23H31F2N3O2. The summed E-state index contributed by atoms with van der Waals surface area (Å²) in [5, 5.41) is 0. The minimum atomic E-state index is -0.650. The van der Waals surface area contributed by atoms with Gasteiger partial charge < -0.3 is 20.3 Å². The zero-order valence-electron chi connectivity index (χ0n) is 17.7. The Morgan fingerprint density at radius 3 is 2.77 bits per heavy atom. The summed E-state index contributed by atoms with van der Waals surface area (Å²) in [6.07, 6.45) is 3.31. The van der Waals surface area contributed by atoms with E-state index in [2.05, 4.69) is 18.7 Å². The van der Waals surface area contributed by atoms with Gasteiger partial charge in [0.2, 0.25) is 5.91 Å². The maximum atomic E-state index is 14.2. The summed E-state index contributed by atoms with van der Waals surface area (Å²) in [6, 6.07) is 3.06. The van der Waals surface area contributed by atoms with E-state index in [1.807, 2.05) is 4.90 Å². The molecular weight excluding hydrogens is 388 g/mol. The Hall–Kier alpha value is -1.99. The number of benzene rings is 1. The molecule has 1 aromatic carbocycles. The molecule has 1 fully saturated rings. The molecule has 0 saturated carbocycles. The third-order valence-electron chi connectivity index (χ3n) is 6.38. The van der Waals surface area contributed by atoms with Crippen LogP contribution in [0.2, 0.25) is 0 Å². The maximum absolute atomic E-state index is 14.2. The van der Waals surface area contributed by atoms with Gasteiger partial charge in [0, 0.05) is 48.9 Å². The fraction of sp³-hybridized carbons (Fsp3) is 0.609. The van der Waals surface area contributed by atoms with Crippen molar-refractivity contribution in [1.29, 1.82) is 0 Å². The van der Waals surface area contributed by atoms with Gasteiger partial charge in [-0.2, -0.15) is 0 Å². The highest BCUT2D eigenvalue weighted by Crippen LogP contribution is 2.39. The van der Waals surface area contributed by atoms with Gasteiger partial charge in [-0.1, -0.05) is 13.8 Å². The molecule has 3 unspecified atom stereocenters. The van der Waals surface area contributed by atoms with Crippen molar-refractivity contribution in [2.75, 3.05) is 19.7 Å². The smallest absolute Gasteiger partial charge is 0.227 e. The predicted octanol–water partition coefficient (Wildman–Crippen LogP) is 3.71. The van der Waals surface area contributed by atoms with Crippen LogP contribution in [0.15, 0.2) is 29.6 Å². The summed E-state index contributed by atoms with van der Waals surface area (Å²) in [6.45, 7) is 6.17. The number of amides is 1. The third-order valence-corrected chi connectivity index (χ3v) is 6.38. The van der Waals surface area contributed by atoms with Gasteiger partial charge >= 0.3 is 0 Å². The summed E-state index contributed by atoms with van der Waals surface area (Å²) in [4.78, 5) is 17.0. The number of nitrogens with two attached hydrogens (primary N) is 1. The van der Waals surface area contributed by atoms with E-state index in [1.165, 1.54) is 11.8 Å². The second kappa shape index (κ2) is 8.63. The molecule has 0 spiro atoms. The topological polar surface area (TPSA) is 58.8 Å². The first kappa shape index (κ1) is 21.2. The van der Waals surface area contributed by atoms with Gasteiger partial charge in [-0.3, -0.25) is 4.79 Å². The first-order valence-electron chi connectivity index (χ1n) is 11.0. The fourth-order valence-electron chi connectivity index (χ4n) is 5.04. The summed E-state index contributed by atoms with van der Waals surface area (Å²) in [7, 11) is 0. The molecule has 3 aliphatic rings. The van der Waals surface area contributed by atoms with Crippen molar-refractivity contribution in [3.8, 4) is 0 Å². The van der Waals surface area contributed by atoms with Crippen molar-refractivity contribution in [1.82, 2.24) is 9.80 Å². The molecule has 0 aromatic heterocycles. The van der Waals surface area contributed by atoms with Crippen molar-refractivity contribution in [2.45, 2.75) is 64.1 Å². The molecule has 0 radical (unpaired) electrons. The highest BCUT2D eigenvalue weighted by atomic mass is 19.1. The molecule has 0 bridgehead atoms. The van der Waals surface area contributed by atoms with Gasteiger partial charge in [-0.05, 0) is 43.4 Å². The Labute approximate surface area is 176 Å². The molecule has 2 N–H and O–H groups in total. The van der Waals surface area contributed by atoms with Crippen molar-refractivity contribution in [3.05, 3.63) is 46.8 Å². The molecule has 30 heavy (non-hydrogen) atoms. The Kier molecular flexibility index (Phi) is 6.11. The van der Waals surface area contributed by atoms with Crippen LogP contribution in [0.25, 0.3) is 0 Å². The lowest BCUT2D eigenvalue weighted by Gasteiger charge is -2.41. The number of halogens is 2. The number of carbonyl (C=O) groups excluding carboxylic acids is 1. The van der Waals surface area contributed by atoms with Crippen LogP contribution in [0.5, 0.6) is 0 Å². The number of hydrogen-bond donors (Lipinski definition) is 1. The second-order valence-electron chi connectivity index (χ2n) is 9.06. The lowest BCUT2D eigenvalue weighted by molar-refractivity contribution is -0.130. The first-order valence-corrected chi connectivity index (χ1v) is 11.0. The van der Waals surface area contributed by atoms with E-state index in [4.69, 9.17) is 10.5 Å². The van der Waals surface area contributed by atoms with Crippen LogP contribution >= 0.6 is 0 Å². The van der Waals surface area contributed by atoms with Gasteiger partial charge in [0.15, 0.2) is 0 Å². The number of ether oxygens (including phenoxy) is 1. The lowest BCUT2D eigenvalue weighted by atomic mass is 9.93. The molecule has 3 atom stereocenters. The lowest BCUT2D eigenvalue weighted by Crippen LogP contribution is -2.48. The van der Waals surface area contributed by atoms with Crippen molar-refractivity contribution < 1.29 is 18.3 Å². The first-order chi connectivity index (χ1) is 14.3. The second-order valence-corrected chi connectivity index (χ2v) is 9.06. The molecule has 1 saturated heterocycles. The number of allylic oxidation sites excluding steroid dienone is 1. The van der Waals surface area contributed by atoms with E-state index in [0.717, 1.165) is 50.2 Å². The summed E-state index contributed by atoms with van der Waals surface area (Å²) in [5.74, 6) is -0.441. The minimum absolute atomic E-state index is 0.0838. The minimum Gasteiger partial charge on any atom is -0.370 e. The molecule has 1 amide bonds. The molecule has 7 heteroatoms. The number of carbonyl (C=O) groups is 1. The van der Waals surface area contributed by atoms with Crippen LogP contribution < -0.4 is 5.73 Å². The normalized spacial score (nSPS) is 27.1. The quantitative estimate of drug-likeness (QED) is 0.808. The highest BCUT2D eigenvalue weighted by Gasteiger charge is 2.39. The molecule has 5 nitrogen and oxygen atoms in total. The van der Waals surface area contributed by atoms with Crippen LogP contribution in [-0.4, -0.2) is 47.5 Å². The van der Waals surface area contributed by atoms with E-state index >= 15 is 0 Å². The fourth-order valence-corrected chi connectivity index (χ4v) is 5.04. The Bertz CT molecular complexity index is 842. The zero-order valence-corrected chi connectivity index (χ0v) is 17.7. The molecule has 1 aromatic rings. The summed E-state index contributed by atoms with van der Waals surface area (Å²) in [5.41, 5.74) is 8.93. The molecule has 0 aliphatic carbocycles.